The van der Waals surface area contributed by atoms with E-state index in [1.165, 1.54) is 22.4 Å². The molecule has 0 atom stereocenters. The molecule has 0 saturated heterocycles. The van der Waals surface area contributed by atoms with Crippen LogP contribution in [0.2, 0.25) is 0 Å². The van der Waals surface area contributed by atoms with Gasteiger partial charge in [0.25, 0.3) is 0 Å². The summed E-state index contributed by atoms with van der Waals surface area (Å²) < 4.78 is 0. The number of anilines is 1. The van der Waals surface area contributed by atoms with Crippen LogP contribution in [0.25, 0.3) is 0 Å². The van der Waals surface area contributed by atoms with E-state index in [4.69, 9.17) is 11.6 Å². The van der Waals surface area contributed by atoms with Crippen LogP contribution in [0.1, 0.15) is 16.7 Å². The summed E-state index contributed by atoms with van der Waals surface area (Å²) in [5, 5.41) is 0. The van der Waals surface area contributed by atoms with Crippen LogP contribution in [-0.2, 0) is 18.8 Å². The van der Waals surface area contributed by atoms with Gasteiger partial charge < -0.3 is 4.90 Å². The first kappa shape index (κ1) is 11.6. The highest BCUT2D eigenvalue weighted by molar-refractivity contribution is 6.17. The summed E-state index contributed by atoms with van der Waals surface area (Å²) in [4.78, 5) is 2.43. The summed E-state index contributed by atoms with van der Waals surface area (Å²) in [6, 6.07) is 17.1. The summed E-state index contributed by atoms with van der Waals surface area (Å²) in [5.41, 5.74) is 5.42. The van der Waals surface area contributed by atoms with Crippen LogP contribution >= 0.6 is 11.6 Å². The van der Waals surface area contributed by atoms with Crippen molar-refractivity contribution in [1.82, 2.24) is 0 Å². The minimum atomic E-state index is 0.578. The monoisotopic (exact) mass is 257 g/mol. The molecule has 0 aliphatic carbocycles. The van der Waals surface area contributed by atoms with Crippen molar-refractivity contribution in [1.29, 1.82) is 0 Å². The van der Waals surface area contributed by atoms with Crippen LogP contribution in [-0.4, -0.2) is 6.54 Å². The lowest BCUT2D eigenvalue weighted by molar-refractivity contribution is 0.729. The van der Waals surface area contributed by atoms with E-state index in [0.29, 0.717) is 5.88 Å². The second-order valence-electron chi connectivity index (χ2n) is 4.70. The van der Waals surface area contributed by atoms with Crippen molar-refractivity contribution in [2.75, 3.05) is 11.4 Å². The molecule has 3 rings (SSSR count). The highest BCUT2D eigenvalue weighted by atomic mass is 35.5. The Balaban J connectivity index is 1.92. The maximum Gasteiger partial charge on any atom is 0.0494 e. The summed E-state index contributed by atoms with van der Waals surface area (Å²) in [5.74, 6) is 0.578. The minimum Gasteiger partial charge on any atom is -0.367 e. The molecule has 1 aliphatic rings. The third-order valence-corrected chi connectivity index (χ3v) is 3.89. The Hall–Kier alpha value is -1.47. The Morgan fingerprint density at radius 2 is 1.67 bits per heavy atom. The van der Waals surface area contributed by atoms with Crippen molar-refractivity contribution >= 4 is 17.3 Å². The van der Waals surface area contributed by atoms with Crippen molar-refractivity contribution < 1.29 is 0 Å². The largest absolute Gasteiger partial charge is 0.367 e. The van der Waals surface area contributed by atoms with E-state index >= 15 is 0 Å². The molecule has 1 heterocycles. The van der Waals surface area contributed by atoms with Gasteiger partial charge in [0.1, 0.15) is 0 Å². The average Bonchev–Trinajstić information content (AvgIpc) is 2.46. The summed E-state index contributed by atoms with van der Waals surface area (Å²) in [6.45, 7) is 2.06. The van der Waals surface area contributed by atoms with Crippen LogP contribution in [0.4, 0.5) is 5.69 Å². The van der Waals surface area contributed by atoms with Gasteiger partial charge in [0.05, 0.1) is 0 Å². The molecule has 92 valence electrons. The number of rotatable bonds is 2. The number of hydrogen-bond donors (Lipinski definition) is 0. The molecule has 0 unspecified atom stereocenters. The molecular formula is C16H16ClN. The molecule has 0 saturated carbocycles. The Morgan fingerprint density at radius 1 is 0.944 bits per heavy atom. The number of nitrogens with zero attached hydrogens (tertiary/aromatic N) is 1. The fourth-order valence-electron chi connectivity index (χ4n) is 2.63. The predicted octanol–water partition coefficient (Wildman–Crippen LogP) is 3.99. The zero-order chi connectivity index (χ0) is 12.4. The van der Waals surface area contributed by atoms with Crippen LogP contribution in [0.5, 0.6) is 0 Å². The van der Waals surface area contributed by atoms with Gasteiger partial charge in [-0.1, -0.05) is 42.5 Å². The topological polar surface area (TPSA) is 3.24 Å². The van der Waals surface area contributed by atoms with E-state index in [9.17, 15) is 0 Å². The smallest absolute Gasteiger partial charge is 0.0494 e. The maximum absolute atomic E-state index is 6.02. The van der Waals surface area contributed by atoms with Gasteiger partial charge >= 0.3 is 0 Å². The second kappa shape index (κ2) is 5.03. The Morgan fingerprint density at radius 3 is 2.50 bits per heavy atom. The van der Waals surface area contributed by atoms with Crippen LogP contribution < -0.4 is 4.90 Å². The van der Waals surface area contributed by atoms with Gasteiger partial charge in [-0.3, -0.25) is 0 Å². The van der Waals surface area contributed by atoms with Crippen molar-refractivity contribution in [2.24, 2.45) is 0 Å². The minimum absolute atomic E-state index is 0.578. The Bertz CT molecular complexity index is 550. The number of alkyl halides is 1. The van der Waals surface area contributed by atoms with Gasteiger partial charge in [0.2, 0.25) is 0 Å². The number of fused-ring (bicyclic) bond motifs is 1. The van der Waals surface area contributed by atoms with E-state index in [1.807, 2.05) is 0 Å². The van der Waals surface area contributed by atoms with Gasteiger partial charge in [0, 0.05) is 24.7 Å². The van der Waals surface area contributed by atoms with E-state index in [-0.39, 0.29) is 0 Å². The first-order valence-electron chi connectivity index (χ1n) is 6.34. The summed E-state index contributed by atoms with van der Waals surface area (Å²) in [6.07, 6.45) is 1.12. The standard InChI is InChI=1S/C16H16ClN/c17-11-14-6-3-4-8-16(14)18-10-9-13-5-1-2-7-15(13)12-18/h1-8H,9-12H2. The first-order chi connectivity index (χ1) is 8.88. The second-order valence-corrected chi connectivity index (χ2v) is 4.97. The molecule has 2 aromatic rings. The molecular weight excluding hydrogens is 242 g/mol. The molecule has 0 spiro atoms. The van der Waals surface area contributed by atoms with Gasteiger partial charge in [-0.05, 0) is 29.2 Å². The molecule has 0 radical (unpaired) electrons. The summed E-state index contributed by atoms with van der Waals surface area (Å²) in [7, 11) is 0. The van der Waals surface area contributed by atoms with Crippen molar-refractivity contribution in [3.05, 3.63) is 65.2 Å². The van der Waals surface area contributed by atoms with Crippen LogP contribution in [0, 0.1) is 0 Å². The predicted molar refractivity (Wildman–Crippen MR) is 77.2 cm³/mol. The molecule has 2 heteroatoms. The maximum atomic E-state index is 6.02. The molecule has 0 N–H and O–H groups in total. The molecule has 0 amide bonds. The normalized spacial score (nSPS) is 14.4. The lowest BCUT2D eigenvalue weighted by Crippen LogP contribution is -2.30. The molecule has 1 aliphatic heterocycles. The average molecular weight is 258 g/mol. The van der Waals surface area contributed by atoms with E-state index < -0.39 is 0 Å². The van der Waals surface area contributed by atoms with Gasteiger partial charge in [-0.25, -0.2) is 0 Å². The van der Waals surface area contributed by atoms with Gasteiger partial charge in [0.15, 0.2) is 0 Å². The SMILES string of the molecule is ClCc1ccccc1N1CCc2ccccc2C1. The number of para-hydroxylation sites is 1. The number of benzene rings is 2. The third-order valence-electron chi connectivity index (χ3n) is 3.61. The van der Waals surface area contributed by atoms with Crippen LogP contribution in [0.3, 0.4) is 0 Å². The quantitative estimate of drug-likeness (QED) is 0.736. The van der Waals surface area contributed by atoms with Crippen molar-refractivity contribution in [3.8, 4) is 0 Å². The van der Waals surface area contributed by atoms with Crippen molar-refractivity contribution in [2.45, 2.75) is 18.8 Å². The highest BCUT2D eigenvalue weighted by Gasteiger charge is 2.17. The van der Waals surface area contributed by atoms with Gasteiger partial charge in [-0.2, -0.15) is 0 Å². The van der Waals surface area contributed by atoms with Crippen molar-refractivity contribution in [3.63, 3.8) is 0 Å². The van der Waals surface area contributed by atoms with Gasteiger partial charge in [-0.15, -0.1) is 11.6 Å². The van der Waals surface area contributed by atoms with E-state index in [1.54, 1.807) is 0 Å². The summed E-state index contributed by atoms with van der Waals surface area (Å²) >= 11 is 6.02. The zero-order valence-corrected chi connectivity index (χ0v) is 11.0. The highest BCUT2D eigenvalue weighted by Crippen LogP contribution is 2.27. The fourth-order valence-corrected chi connectivity index (χ4v) is 2.86. The molecule has 0 bridgehead atoms. The lowest BCUT2D eigenvalue weighted by atomic mass is 9.99. The molecule has 2 aromatic carbocycles. The van der Waals surface area contributed by atoms with E-state index in [2.05, 4.69) is 53.4 Å². The van der Waals surface area contributed by atoms with E-state index in [0.717, 1.165) is 19.5 Å². The Labute approximate surface area is 113 Å². The molecule has 0 aromatic heterocycles. The molecule has 1 nitrogen and oxygen atoms in total. The Kier molecular flexibility index (Phi) is 3.24. The third kappa shape index (κ3) is 2.11. The first-order valence-corrected chi connectivity index (χ1v) is 6.87. The molecule has 18 heavy (non-hydrogen) atoms. The fraction of sp³-hybridized carbons (Fsp3) is 0.250. The number of halogens is 1. The lowest BCUT2D eigenvalue weighted by Gasteiger charge is -2.32. The zero-order valence-electron chi connectivity index (χ0n) is 10.3. The number of hydrogen-bond acceptors (Lipinski definition) is 1. The van der Waals surface area contributed by atoms with Crippen LogP contribution in [0.15, 0.2) is 48.5 Å². The molecule has 0 fully saturated rings.